The standard InChI is InChI=1S/C24H23ClN2O2/c25-21-10-12-23(13-11-21)29-18-19-6-8-20(9-7-19)24(28)27-16-14-26(15-17-27)22-4-2-1-3-5-22/h1-13H,14-18H2. The highest BCUT2D eigenvalue weighted by Crippen LogP contribution is 2.19. The SMILES string of the molecule is O=C(c1ccc(COc2ccc(Cl)cc2)cc1)N1CCN(c2ccccc2)CC1. The number of hydrogen-bond donors (Lipinski definition) is 0. The van der Waals surface area contributed by atoms with Crippen LogP contribution in [0.4, 0.5) is 5.69 Å². The van der Waals surface area contributed by atoms with Crippen LogP contribution in [-0.2, 0) is 6.61 Å². The van der Waals surface area contributed by atoms with Crippen LogP contribution in [0.15, 0.2) is 78.9 Å². The van der Waals surface area contributed by atoms with Crippen LogP contribution in [0.2, 0.25) is 5.02 Å². The molecule has 0 unspecified atom stereocenters. The summed E-state index contributed by atoms with van der Waals surface area (Å²) in [5.41, 5.74) is 2.95. The number of rotatable bonds is 5. The lowest BCUT2D eigenvalue weighted by molar-refractivity contribution is 0.0746. The molecule has 1 aliphatic heterocycles. The molecular formula is C24H23ClN2O2. The Balaban J connectivity index is 1.31. The second-order valence-corrected chi connectivity index (χ2v) is 7.49. The highest BCUT2D eigenvalue weighted by atomic mass is 35.5. The van der Waals surface area contributed by atoms with Gasteiger partial charge in [0.25, 0.3) is 5.91 Å². The van der Waals surface area contributed by atoms with Gasteiger partial charge in [-0.25, -0.2) is 0 Å². The van der Waals surface area contributed by atoms with Crippen LogP contribution in [0, 0.1) is 0 Å². The van der Waals surface area contributed by atoms with Crippen molar-refractivity contribution < 1.29 is 9.53 Å². The van der Waals surface area contributed by atoms with Gasteiger partial charge in [-0.3, -0.25) is 4.79 Å². The number of carbonyl (C=O) groups excluding carboxylic acids is 1. The molecule has 0 aliphatic carbocycles. The van der Waals surface area contributed by atoms with Crippen LogP contribution < -0.4 is 9.64 Å². The average molecular weight is 407 g/mol. The Hall–Kier alpha value is -2.98. The number of halogens is 1. The minimum absolute atomic E-state index is 0.0860. The van der Waals surface area contributed by atoms with Crippen molar-refractivity contribution in [2.45, 2.75) is 6.61 Å². The first-order valence-corrected chi connectivity index (χ1v) is 10.1. The Labute approximate surface area is 176 Å². The Bertz CT molecular complexity index is 935. The van der Waals surface area contributed by atoms with Gasteiger partial charge in [-0.2, -0.15) is 0 Å². The number of anilines is 1. The maximum Gasteiger partial charge on any atom is 0.253 e. The van der Waals surface area contributed by atoms with Crippen LogP contribution >= 0.6 is 11.6 Å². The van der Waals surface area contributed by atoms with Gasteiger partial charge in [-0.15, -0.1) is 0 Å². The predicted octanol–water partition coefficient (Wildman–Crippen LogP) is 4.88. The van der Waals surface area contributed by atoms with E-state index in [4.69, 9.17) is 16.3 Å². The van der Waals surface area contributed by atoms with Crippen molar-refractivity contribution >= 4 is 23.2 Å². The Morgan fingerprint density at radius 3 is 2.14 bits per heavy atom. The molecule has 4 rings (SSSR count). The van der Waals surface area contributed by atoms with Crippen molar-refractivity contribution in [2.24, 2.45) is 0 Å². The minimum Gasteiger partial charge on any atom is -0.489 e. The van der Waals surface area contributed by atoms with Crippen molar-refractivity contribution in [2.75, 3.05) is 31.1 Å². The number of nitrogens with zero attached hydrogens (tertiary/aromatic N) is 2. The van der Waals surface area contributed by atoms with E-state index >= 15 is 0 Å². The average Bonchev–Trinajstić information content (AvgIpc) is 2.79. The molecule has 0 radical (unpaired) electrons. The van der Waals surface area contributed by atoms with Gasteiger partial charge in [-0.05, 0) is 54.1 Å². The third kappa shape index (κ3) is 4.90. The Kier molecular flexibility index (Phi) is 6.01. The molecule has 1 saturated heterocycles. The molecule has 3 aromatic rings. The fourth-order valence-corrected chi connectivity index (χ4v) is 3.56. The maximum atomic E-state index is 12.8. The summed E-state index contributed by atoms with van der Waals surface area (Å²) >= 11 is 5.88. The third-order valence-electron chi connectivity index (χ3n) is 5.11. The minimum atomic E-state index is 0.0860. The summed E-state index contributed by atoms with van der Waals surface area (Å²) in [6.45, 7) is 3.61. The summed E-state index contributed by atoms with van der Waals surface area (Å²) in [6.07, 6.45) is 0. The highest BCUT2D eigenvalue weighted by molar-refractivity contribution is 6.30. The number of benzene rings is 3. The van der Waals surface area contributed by atoms with E-state index in [0.717, 1.165) is 37.5 Å². The molecule has 4 nitrogen and oxygen atoms in total. The molecular weight excluding hydrogens is 384 g/mol. The van der Waals surface area contributed by atoms with Gasteiger partial charge >= 0.3 is 0 Å². The first-order valence-electron chi connectivity index (χ1n) is 9.76. The topological polar surface area (TPSA) is 32.8 Å². The van der Waals surface area contributed by atoms with Gasteiger partial charge in [0, 0.05) is 42.5 Å². The van der Waals surface area contributed by atoms with Crippen molar-refractivity contribution in [1.82, 2.24) is 4.90 Å². The molecule has 29 heavy (non-hydrogen) atoms. The van der Waals surface area contributed by atoms with Gasteiger partial charge in [-0.1, -0.05) is 41.9 Å². The third-order valence-corrected chi connectivity index (χ3v) is 5.36. The van der Waals surface area contributed by atoms with Gasteiger partial charge in [0.15, 0.2) is 0 Å². The molecule has 0 N–H and O–H groups in total. The van der Waals surface area contributed by atoms with E-state index in [1.807, 2.05) is 59.5 Å². The number of carbonyl (C=O) groups is 1. The zero-order valence-corrected chi connectivity index (χ0v) is 16.9. The number of amides is 1. The van der Waals surface area contributed by atoms with Crippen LogP contribution in [-0.4, -0.2) is 37.0 Å². The van der Waals surface area contributed by atoms with E-state index in [2.05, 4.69) is 17.0 Å². The fourth-order valence-electron chi connectivity index (χ4n) is 3.43. The summed E-state index contributed by atoms with van der Waals surface area (Å²) in [5.74, 6) is 0.855. The molecule has 3 aromatic carbocycles. The molecule has 0 aromatic heterocycles. The molecule has 1 amide bonds. The number of hydrogen-bond acceptors (Lipinski definition) is 3. The lowest BCUT2D eigenvalue weighted by atomic mass is 10.1. The molecule has 0 bridgehead atoms. The summed E-state index contributed by atoms with van der Waals surface area (Å²) in [7, 11) is 0. The second-order valence-electron chi connectivity index (χ2n) is 7.05. The number of piperazine rings is 1. The van der Waals surface area contributed by atoms with Crippen LogP contribution in [0.1, 0.15) is 15.9 Å². The number of para-hydroxylation sites is 1. The van der Waals surface area contributed by atoms with E-state index in [1.54, 1.807) is 12.1 Å². The predicted molar refractivity (Wildman–Crippen MR) is 117 cm³/mol. The molecule has 1 fully saturated rings. The van der Waals surface area contributed by atoms with Crippen molar-refractivity contribution in [3.63, 3.8) is 0 Å². The molecule has 5 heteroatoms. The van der Waals surface area contributed by atoms with E-state index < -0.39 is 0 Å². The number of ether oxygens (including phenoxy) is 1. The molecule has 1 aliphatic rings. The molecule has 1 heterocycles. The largest absolute Gasteiger partial charge is 0.489 e. The lowest BCUT2D eigenvalue weighted by Crippen LogP contribution is -2.48. The first-order chi connectivity index (χ1) is 14.2. The summed E-state index contributed by atoms with van der Waals surface area (Å²) in [6, 6.07) is 25.3. The zero-order chi connectivity index (χ0) is 20.1. The monoisotopic (exact) mass is 406 g/mol. The van der Waals surface area contributed by atoms with E-state index in [-0.39, 0.29) is 5.91 Å². The van der Waals surface area contributed by atoms with Gasteiger partial charge < -0.3 is 14.5 Å². The second kappa shape index (κ2) is 9.01. The van der Waals surface area contributed by atoms with Crippen molar-refractivity contribution in [3.8, 4) is 5.75 Å². The lowest BCUT2D eigenvalue weighted by Gasteiger charge is -2.36. The van der Waals surface area contributed by atoms with E-state index in [9.17, 15) is 4.79 Å². The van der Waals surface area contributed by atoms with E-state index in [0.29, 0.717) is 17.2 Å². The fraction of sp³-hybridized carbons (Fsp3) is 0.208. The van der Waals surface area contributed by atoms with Crippen LogP contribution in [0.5, 0.6) is 5.75 Å². The summed E-state index contributed by atoms with van der Waals surface area (Å²) in [5, 5.41) is 0.685. The zero-order valence-electron chi connectivity index (χ0n) is 16.1. The molecule has 148 valence electrons. The van der Waals surface area contributed by atoms with Gasteiger partial charge in [0.1, 0.15) is 12.4 Å². The van der Waals surface area contributed by atoms with Gasteiger partial charge in [0.2, 0.25) is 0 Å². The highest BCUT2D eigenvalue weighted by Gasteiger charge is 2.22. The van der Waals surface area contributed by atoms with E-state index in [1.165, 1.54) is 5.69 Å². The summed E-state index contributed by atoms with van der Waals surface area (Å²) < 4.78 is 5.76. The normalized spacial score (nSPS) is 14.0. The molecule has 0 atom stereocenters. The Morgan fingerprint density at radius 2 is 1.48 bits per heavy atom. The summed E-state index contributed by atoms with van der Waals surface area (Å²) in [4.78, 5) is 17.1. The molecule has 0 saturated carbocycles. The van der Waals surface area contributed by atoms with Crippen LogP contribution in [0.3, 0.4) is 0 Å². The van der Waals surface area contributed by atoms with Crippen molar-refractivity contribution in [1.29, 1.82) is 0 Å². The Morgan fingerprint density at radius 1 is 0.828 bits per heavy atom. The van der Waals surface area contributed by atoms with Gasteiger partial charge in [0.05, 0.1) is 0 Å². The van der Waals surface area contributed by atoms with Crippen LogP contribution in [0.25, 0.3) is 0 Å². The van der Waals surface area contributed by atoms with Crippen molar-refractivity contribution in [3.05, 3.63) is 95.0 Å². The smallest absolute Gasteiger partial charge is 0.253 e. The maximum absolute atomic E-state index is 12.8. The first kappa shape index (κ1) is 19.3. The molecule has 0 spiro atoms. The quantitative estimate of drug-likeness (QED) is 0.605.